The Labute approximate surface area is 115 Å². The first-order valence-electron chi connectivity index (χ1n) is 5.31. The first-order valence-corrected chi connectivity index (χ1v) is 6.06. The maximum atomic E-state index is 11.4. The van der Waals surface area contributed by atoms with Gasteiger partial charge in [0.1, 0.15) is 10.8 Å². The zero-order chi connectivity index (χ0) is 13.4. The van der Waals surface area contributed by atoms with E-state index < -0.39 is 0 Å². The van der Waals surface area contributed by atoms with E-state index >= 15 is 0 Å². The molecule has 1 amide bonds. The molecule has 1 aromatic heterocycles. The first kappa shape index (κ1) is 14.9. The number of rotatable bonds is 7. The summed E-state index contributed by atoms with van der Waals surface area (Å²) >= 11 is 11.5. The van der Waals surface area contributed by atoms with E-state index in [2.05, 4.69) is 20.6 Å². The van der Waals surface area contributed by atoms with Gasteiger partial charge in [0.05, 0.1) is 12.8 Å². The lowest BCUT2D eigenvalue weighted by molar-refractivity contribution is -0.121. The summed E-state index contributed by atoms with van der Waals surface area (Å²) in [6.07, 6.45) is 1.71. The summed E-state index contributed by atoms with van der Waals surface area (Å²) in [5.74, 6) is 0.345. The molecule has 0 aliphatic carbocycles. The summed E-state index contributed by atoms with van der Waals surface area (Å²) in [5, 5.41) is 6.08. The van der Waals surface area contributed by atoms with Crippen molar-refractivity contribution in [3.8, 4) is 0 Å². The lowest BCUT2D eigenvalue weighted by Crippen LogP contribution is -2.28. The summed E-state index contributed by atoms with van der Waals surface area (Å²) in [7, 11) is 1.58. The molecule has 1 rings (SSSR count). The monoisotopic (exact) mass is 292 g/mol. The Hall–Kier alpha value is -1.11. The third-order valence-electron chi connectivity index (χ3n) is 1.99. The van der Waals surface area contributed by atoms with Crippen LogP contribution >= 0.6 is 23.2 Å². The predicted octanol–water partition coefficient (Wildman–Crippen LogP) is 1.35. The average Bonchev–Trinajstić information content (AvgIpc) is 2.34. The highest BCUT2D eigenvalue weighted by Crippen LogP contribution is 2.18. The van der Waals surface area contributed by atoms with Crippen LogP contribution in [0.1, 0.15) is 6.42 Å². The Morgan fingerprint density at radius 1 is 1.44 bits per heavy atom. The highest BCUT2D eigenvalue weighted by atomic mass is 35.5. The van der Waals surface area contributed by atoms with Crippen molar-refractivity contribution in [1.82, 2.24) is 15.3 Å². The molecule has 0 bridgehead atoms. The molecule has 1 aromatic rings. The molecule has 8 heteroatoms. The van der Waals surface area contributed by atoms with E-state index in [1.54, 1.807) is 7.11 Å². The number of aromatic nitrogens is 2. The Morgan fingerprint density at radius 2 is 2.22 bits per heavy atom. The molecule has 6 nitrogen and oxygen atoms in total. The van der Waals surface area contributed by atoms with Gasteiger partial charge in [-0.3, -0.25) is 4.79 Å². The fourth-order valence-electron chi connectivity index (χ4n) is 1.14. The zero-order valence-corrected chi connectivity index (χ0v) is 11.4. The smallest absolute Gasteiger partial charge is 0.224 e. The number of halogens is 2. The van der Waals surface area contributed by atoms with E-state index in [1.165, 1.54) is 6.20 Å². The van der Waals surface area contributed by atoms with Gasteiger partial charge >= 0.3 is 0 Å². The number of hydrogen-bond acceptors (Lipinski definition) is 5. The molecule has 2 N–H and O–H groups in total. The Bertz CT molecular complexity index is 403. The maximum Gasteiger partial charge on any atom is 0.224 e. The number of nitrogens with one attached hydrogen (secondary N) is 2. The molecular weight excluding hydrogens is 279 g/mol. The van der Waals surface area contributed by atoms with Crippen LogP contribution in [0.3, 0.4) is 0 Å². The Morgan fingerprint density at radius 3 is 2.94 bits per heavy atom. The molecule has 100 valence electrons. The minimum absolute atomic E-state index is 0.0733. The molecule has 0 aliphatic rings. The minimum Gasteiger partial charge on any atom is -0.383 e. The van der Waals surface area contributed by atoms with Crippen LogP contribution in [0.15, 0.2) is 6.20 Å². The largest absolute Gasteiger partial charge is 0.383 e. The molecule has 0 saturated heterocycles. The number of amides is 1. The summed E-state index contributed by atoms with van der Waals surface area (Å²) in [6.45, 7) is 1.40. The van der Waals surface area contributed by atoms with E-state index in [0.29, 0.717) is 37.0 Å². The van der Waals surface area contributed by atoms with Crippen molar-refractivity contribution in [2.75, 3.05) is 32.1 Å². The fraction of sp³-hybridized carbons (Fsp3) is 0.500. The van der Waals surface area contributed by atoms with Crippen molar-refractivity contribution in [2.24, 2.45) is 0 Å². The van der Waals surface area contributed by atoms with Crippen molar-refractivity contribution >= 4 is 34.9 Å². The molecule has 1 heterocycles. The van der Waals surface area contributed by atoms with E-state index in [1.807, 2.05) is 0 Å². The van der Waals surface area contributed by atoms with Crippen LogP contribution in [-0.4, -0.2) is 42.7 Å². The molecule has 18 heavy (non-hydrogen) atoms. The summed E-state index contributed by atoms with van der Waals surface area (Å²) in [6, 6.07) is 0. The van der Waals surface area contributed by atoms with E-state index in [9.17, 15) is 4.79 Å². The number of ether oxygens (including phenoxy) is 1. The highest BCUT2D eigenvalue weighted by molar-refractivity contribution is 6.33. The highest BCUT2D eigenvalue weighted by Gasteiger charge is 2.05. The third kappa shape index (κ3) is 5.48. The van der Waals surface area contributed by atoms with Gasteiger partial charge in [0.25, 0.3) is 0 Å². The van der Waals surface area contributed by atoms with Gasteiger partial charge in [0, 0.05) is 26.6 Å². The molecule has 0 radical (unpaired) electrons. The normalized spacial score (nSPS) is 10.2. The van der Waals surface area contributed by atoms with Crippen LogP contribution < -0.4 is 10.6 Å². The predicted molar refractivity (Wildman–Crippen MR) is 70.0 cm³/mol. The second-order valence-electron chi connectivity index (χ2n) is 3.36. The van der Waals surface area contributed by atoms with Crippen LogP contribution in [0, 0.1) is 0 Å². The van der Waals surface area contributed by atoms with Gasteiger partial charge < -0.3 is 15.4 Å². The third-order valence-corrected chi connectivity index (χ3v) is 2.45. The SMILES string of the molecule is COCCNC(=O)CCNc1nc(Cl)ncc1Cl. The first-order chi connectivity index (χ1) is 8.63. The summed E-state index contributed by atoms with van der Waals surface area (Å²) in [4.78, 5) is 19.0. The van der Waals surface area contributed by atoms with E-state index in [0.717, 1.165) is 0 Å². The minimum atomic E-state index is -0.0733. The number of carbonyl (C=O) groups excluding carboxylic acids is 1. The maximum absolute atomic E-state index is 11.4. The van der Waals surface area contributed by atoms with Gasteiger partial charge in [0.15, 0.2) is 0 Å². The van der Waals surface area contributed by atoms with Gasteiger partial charge in [0.2, 0.25) is 11.2 Å². The van der Waals surface area contributed by atoms with Crippen molar-refractivity contribution in [3.05, 3.63) is 16.5 Å². The number of nitrogens with zero attached hydrogens (tertiary/aromatic N) is 2. The number of hydrogen-bond donors (Lipinski definition) is 2. The van der Waals surface area contributed by atoms with Gasteiger partial charge in [-0.2, -0.15) is 4.98 Å². The summed E-state index contributed by atoms with van der Waals surface area (Å²) in [5.41, 5.74) is 0. The quantitative estimate of drug-likeness (QED) is 0.586. The van der Waals surface area contributed by atoms with Crippen LogP contribution in [0.2, 0.25) is 10.3 Å². The fourth-order valence-corrected chi connectivity index (χ4v) is 1.44. The van der Waals surface area contributed by atoms with Crippen molar-refractivity contribution in [1.29, 1.82) is 0 Å². The Balaban J connectivity index is 2.28. The van der Waals surface area contributed by atoms with Crippen LogP contribution in [0.25, 0.3) is 0 Å². The van der Waals surface area contributed by atoms with Crippen molar-refractivity contribution in [2.45, 2.75) is 6.42 Å². The number of methoxy groups -OCH3 is 1. The van der Waals surface area contributed by atoms with E-state index in [-0.39, 0.29) is 11.2 Å². The molecule has 0 atom stereocenters. The molecule has 0 unspecified atom stereocenters. The van der Waals surface area contributed by atoms with Crippen LogP contribution in [-0.2, 0) is 9.53 Å². The Kier molecular flexibility index (Phi) is 6.70. The van der Waals surface area contributed by atoms with Gasteiger partial charge in [-0.05, 0) is 11.6 Å². The molecule has 0 fully saturated rings. The average molecular weight is 293 g/mol. The number of carbonyl (C=O) groups is 1. The lowest BCUT2D eigenvalue weighted by atomic mass is 10.4. The topological polar surface area (TPSA) is 76.1 Å². The number of anilines is 1. The molecule has 0 saturated carbocycles. The van der Waals surface area contributed by atoms with Crippen molar-refractivity contribution in [3.63, 3.8) is 0 Å². The lowest BCUT2D eigenvalue weighted by Gasteiger charge is -2.07. The van der Waals surface area contributed by atoms with Gasteiger partial charge in [-0.1, -0.05) is 11.6 Å². The van der Waals surface area contributed by atoms with Crippen LogP contribution in [0.4, 0.5) is 5.82 Å². The molecule has 0 aromatic carbocycles. The van der Waals surface area contributed by atoms with Crippen LogP contribution in [0.5, 0.6) is 0 Å². The molecular formula is C10H14Cl2N4O2. The van der Waals surface area contributed by atoms with Gasteiger partial charge in [-0.15, -0.1) is 0 Å². The zero-order valence-electron chi connectivity index (χ0n) is 9.87. The van der Waals surface area contributed by atoms with Gasteiger partial charge in [-0.25, -0.2) is 4.98 Å². The van der Waals surface area contributed by atoms with E-state index in [4.69, 9.17) is 27.9 Å². The van der Waals surface area contributed by atoms with Crippen molar-refractivity contribution < 1.29 is 9.53 Å². The second kappa shape index (κ2) is 8.07. The summed E-state index contributed by atoms with van der Waals surface area (Å²) < 4.78 is 4.82. The molecule has 0 spiro atoms. The molecule has 0 aliphatic heterocycles. The standard InChI is InChI=1S/C10H14Cl2N4O2/c1-18-5-4-13-8(17)2-3-14-9-7(11)6-15-10(12)16-9/h6H,2-5H2,1H3,(H,13,17)(H,14,15,16). The second-order valence-corrected chi connectivity index (χ2v) is 4.10.